The number of nitrogens with two attached hydrogens (primary N) is 1. The van der Waals surface area contributed by atoms with Crippen molar-refractivity contribution in [1.82, 2.24) is 29.4 Å². The molecule has 33 heavy (non-hydrogen) atoms. The highest BCUT2D eigenvalue weighted by atomic mass is 32.2. The number of carbonyl (C=O) groups excluding carboxylic acids is 2. The third-order valence-corrected chi connectivity index (χ3v) is 6.05. The van der Waals surface area contributed by atoms with Gasteiger partial charge in [0.2, 0.25) is 5.60 Å². The highest BCUT2D eigenvalue weighted by molar-refractivity contribution is 7.84. The van der Waals surface area contributed by atoms with E-state index in [2.05, 4.69) is 25.7 Å². The van der Waals surface area contributed by atoms with Crippen LogP contribution < -0.4 is 11.1 Å². The minimum Gasteiger partial charge on any atom is -0.478 e. The molecule has 16 nitrogen and oxygen atoms in total. The number of thiazole rings is 1. The zero-order valence-corrected chi connectivity index (χ0v) is 18.6. The van der Waals surface area contributed by atoms with Crippen molar-refractivity contribution in [3.8, 4) is 0 Å². The van der Waals surface area contributed by atoms with Gasteiger partial charge in [0.15, 0.2) is 10.8 Å². The summed E-state index contributed by atoms with van der Waals surface area (Å²) in [5, 5.41) is 23.7. The van der Waals surface area contributed by atoms with Crippen LogP contribution in [0, 0.1) is 0 Å². The zero-order valence-electron chi connectivity index (χ0n) is 17.0. The summed E-state index contributed by atoms with van der Waals surface area (Å²) in [6.07, 6.45) is 2.49. The number of carboxylic acids is 1. The average molecular weight is 502 g/mol. The maximum Gasteiger partial charge on any atom is 0.362 e. The molecule has 2 amide bonds. The Labute approximate surface area is 189 Å². The zero-order chi connectivity index (χ0) is 24.6. The minimum absolute atomic E-state index is 0.0649. The number of carbonyl (C=O) groups is 3. The molecule has 1 aliphatic heterocycles. The second-order valence-corrected chi connectivity index (χ2v) is 9.39. The molecule has 2 atom stereocenters. The molecule has 1 saturated heterocycles. The number of carboxylic acid groups (broad SMARTS) is 1. The molecule has 2 aromatic rings. The molecule has 0 aliphatic carbocycles. The molecule has 2 aromatic heterocycles. The molecule has 1 fully saturated rings. The van der Waals surface area contributed by atoms with Crippen molar-refractivity contribution in [2.75, 3.05) is 5.73 Å². The summed E-state index contributed by atoms with van der Waals surface area (Å²) in [5.41, 5.74) is 3.21. The molecule has 3 rings (SSSR count). The Bertz CT molecular complexity index is 1210. The Morgan fingerprint density at radius 3 is 2.52 bits per heavy atom. The standard InChI is InChI=1S/C15H18N8O8S2/c1-15(2,13(26)27)31-21-9(7-4-32-14(16)19-7)11(24)20-10-8(3-22-5-17-18-6-22)23(12(10)25)33(28,29)30/h4-6,8,10H,3H2,1-2H3,(H2,16,19)(H,20,24)(H,26,27)(H,28,29,30)/b21-9-. The van der Waals surface area contributed by atoms with Crippen LogP contribution in [0.15, 0.2) is 23.2 Å². The first-order chi connectivity index (χ1) is 15.3. The molecular formula is C15H18N8O8S2. The summed E-state index contributed by atoms with van der Waals surface area (Å²) in [6.45, 7) is 2.21. The van der Waals surface area contributed by atoms with E-state index >= 15 is 0 Å². The van der Waals surface area contributed by atoms with E-state index in [1.807, 2.05) is 0 Å². The summed E-state index contributed by atoms with van der Waals surface area (Å²) in [5.74, 6) is -3.49. The lowest BCUT2D eigenvalue weighted by molar-refractivity contribution is -0.161. The van der Waals surface area contributed by atoms with Crippen molar-refractivity contribution in [2.45, 2.75) is 38.1 Å². The molecule has 0 bridgehead atoms. The quantitative estimate of drug-likeness (QED) is 0.127. The third kappa shape index (κ3) is 5.07. The second kappa shape index (κ2) is 8.71. The van der Waals surface area contributed by atoms with Gasteiger partial charge in [-0.05, 0) is 13.8 Å². The molecular weight excluding hydrogens is 484 g/mol. The van der Waals surface area contributed by atoms with Crippen LogP contribution in [0.25, 0.3) is 0 Å². The van der Waals surface area contributed by atoms with E-state index in [1.54, 1.807) is 0 Å². The molecule has 5 N–H and O–H groups in total. The van der Waals surface area contributed by atoms with Crippen molar-refractivity contribution in [1.29, 1.82) is 0 Å². The first-order valence-electron chi connectivity index (χ1n) is 8.96. The fraction of sp³-hybridized carbons (Fsp3) is 0.400. The highest BCUT2D eigenvalue weighted by Crippen LogP contribution is 2.25. The summed E-state index contributed by atoms with van der Waals surface area (Å²) in [7, 11) is -4.91. The van der Waals surface area contributed by atoms with E-state index in [9.17, 15) is 32.5 Å². The SMILES string of the molecule is CC(C)(O/N=C(\C(=O)NC1C(=O)N(S(=O)(=O)O)C1Cn1cnnc1)c1csc(N)n1)C(=O)O. The third-order valence-electron chi connectivity index (χ3n) is 4.43. The van der Waals surface area contributed by atoms with Gasteiger partial charge in [-0.1, -0.05) is 5.16 Å². The van der Waals surface area contributed by atoms with E-state index in [4.69, 9.17) is 10.6 Å². The molecule has 0 saturated carbocycles. The van der Waals surface area contributed by atoms with Crippen LogP contribution in [0.1, 0.15) is 19.5 Å². The molecule has 0 radical (unpaired) electrons. The number of rotatable bonds is 9. The van der Waals surface area contributed by atoms with Crippen molar-refractivity contribution in [2.24, 2.45) is 5.16 Å². The fourth-order valence-corrected chi connectivity index (χ4v) is 4.10. The van der Waals surface area contributed by atoms with Gasteiger partial charge in [0.25, 0.3) is 11.8 Å². The van der Waals surface area contributed by atoms with Crippen LogP contribution in [0.5, 0.6) is 0 Å². The Balaban J connectivity index is 1.88. The molecule has 3 heterocycles. The second-order valence-electron chi connectivity index (χ2n) is 7.21. The van der Waals surface area contributed by atoms with E-state index < -0.39 is 51.5 Å². The van der Waals surface area contributed by atoms with Gasteiger partial charge in [-0.2, -0.15) is 8.42 Å². The first kappa shape index (κ1) is 24.0. The molecule has 0 aromatic carbocycles. The Kier molecular flexibility index (Phi) is 6.34. The maximum absolute atomic E-state index is 12.9. The lowest BCUT2D eigenvalue weighted by Gasteiger charge is -2.44. The maximum atomic E-state index is 12.9. The lowest BCUT2D eigenvalue weighted by atomic mass is 9.98. The summed E-state index contributed by atoms with van der Waals surface area (Å²) in [4.78, 5) is 45.5. The summed E-state index contributed by atoms with van der Waals surface area (Å²) >= 11 is 0.965. The number of aliphatic carboxylic acids is 1. The number of amides is 2. The van der Waals surface area contributed by atoms with Crippen LogP contribution >= 0.6 is 11.3 Å². The van der Waals surface area contributed by atoms with E-state index in [1.165, 1.54) is 36.4 Å². The van der Waals surface area contributed by atoms with Crippen molar-refractivity contribution in [3.63, 3.8) is 0 Å². The number of oxime groups is 1. The van der Waals surface area contributed by atoms with Gasteiger partial charge in [0.05, 0.1) is 6.04 Å². The summed E-state index contributed by atoms with van der Waals surface area (Å²) < 4.78 is 34.2. The number of nitrogens with one attached hydrogen (secondary N) is 1. The van der Waals surface area contributed by atoms with Gasteiger partial charge in [-0.25, -0.2) is 14.1 Å². The highest BCUT2D eigenvalue weighted by Gasteiger charge is 2.54. The Morgan fingerprint density at radius 2 is 2.00 bits per heavy atom. The van der Waals surface area contributed by atoms with Crippen LogP contribution in [-0.2, 0) is 36.1 Å². The Morgan fingerprint density at radius 1 is 1.36 bits per heavy atom. The van der Waals surface area contributed by atoms with Gasteiger partial charge in [-0.3, -0.25) is 14.1 Å². The van der Waals surface area contributed by atoms with Gasteiger partial charge in [-0.15, -0.1) is 21.5 Å². The predicted molar refractivity (Wildman–Crippen MR) is 110 cm³/mol. The molecule has 1 aliphatic rings. The summed E-state index contributed by atoms with van der Waals surface area (Å²) in [6, 6.07) is -2.61. The number of hydrogen-bond acceptors (Lipinski definition) is 12. The smallest absolute Gasteiger partial charge is 0.362 e. The number of anilines is 1. The lowest BCUT2D eigenvalue weighted by Crippen LogP contribution is -2.73. The van der Waals surface area contributed by atoms with E-state index in [-0.39, 0.29) is 21.7 Å². The predicted octanol–water partition coefficient (Wildman–Crippen LogP) is -1.90. The topological polar surface area (TPSA) is 232 Å². The van der Waals surface area contributed by atoms with Crippen LogP contribution in [0.4, 0.5) is 5.13 Å². The van der Waals surface area contributed by atoms with Crippen molar-refractivity contribution in [3.05, 3.63) is 23.7 Å². The van der Waals surface area contributed by atoms with Crippen LogP contribution in [0.3, 0.4) is 0 Å². The van der Waals surface area contributed by atoms with Crippen LogP contribution in [-0.4, -0.2) is 83.3 Å². The van der Waals surface area contributed by atoms with Gasteiger partial charge >= 0.3 is 16.3 Å². The van der Waals surface area contributed by atoms with Crippen molar-refractivity contribution >= 4 is 50.3 Å². The number of nitrogens with zero attached hydrogens (tertiary/aromatic N) is 6. The van der Waals surface area contributed by atoms with Gasteiger partial charge in [0.1, 0.15) is 24.4 Å². The van der Waals surface area contributed by atoms with Gasteiger partial charge in [0, 0.05) is 11.9 Å². The number of β-lactam (4-membered cyclic amide) rings is 1. The normalized spacial score (nSPS) is 19.2. The first-order valence-corrected chi connectivity index (χ1v) is 11.2. The Hall–Kier alpha value is -3.64. The number of hydrogen-bond donors (Lipinski definition) is 4. The fourth-order valence-electron chi connectivity index (χ4n) is 2.68. The van der Waals surface area contributed by atoms with Crippen molar-refractivity contribution < 1.29 is 37.3 Å². The van der Waals surface area contributed by atoms with Crippen LogP contribution in [0.2, 0.25) is 0 Å². The minimum atomic E-state index is -4.91. The van der Waals surface area contributed by atoms with Gasteiger partial charge < -0.3 is 25.6 Å². The van der Waals surface area contributed by atoms with E-state index in [0.717, 1.165) is 11.3 Å². The molecule has 178 valence electrons. The number of nitrogen functional groups attached to an aromatic ring is 1. The average Bonchev–Trinajstić information content (AvgIpc) is 3.36. The largest absolute Gasteiger partial charge is 0.478 e. The molecule has 0 spiro atoms. The molecule has 2 unspecified atom stereocenters. The monoisotopic (exact) mass is 502 g/mol. The molecule has 18 heteroatoms. The number of aromatic nitrogens is 4. The van der Waals surface area contributed by atoms with E-state index in [0.29, 0.717) is 0 Å².